The van der Waals surface area contributed by atoms with Crippen LogP contribution in [0.3, 0.4) is 0 Å². The third-order valence-corrected chi connectivity index (χ3v) is 5.82. The summed E-state index contributed by atoms with van der Waals surface area (Å²) in [4.78, 5) is 23.8. The van der Waals surface area contributed by atoms with Crippen LogP contribution in [0.2, 0.25) is 0 Å². The summed E-state index contributed by atoms with van der Waals surface area (Å²) in [5.74, 6) is -1.05. The molecule has 3 aromatic carbocycles. The van der Waals surface area contributed by atoms with E-state index in [0.29, 0.717) is 5.56 Å². The highest BCUT2D eigenvalue weighted by Crippen LogP contribution is 2.44. The third kappa shape index (κ3) is 4.24. The van der Waals surface area contributed by atoms with Crippen molar-refractivity contribution in [1.82, 2.24) is 5.32 Å². The summed E-state index contributed by atoms with van der Waals surface area (Å²) >= 11 is 3.36. The molecule has 6 heteroatoms. The van der Waals surface area contributed by atoms with Gasteiger partial charge in [0.05, 0.1) is 12.5 Å². The third-order valence-electron chi connectivity index (χ3n) is 5.29. The maximum Gasteiger partial charge on any atom is 0.407 e. The van der Waals surface area contributed by atoms with E-state index in [4.69, 9.17) is 4.74 Å². The Morgan fingerprint density at radius 1 is 0.933 bits per heavy atom. The largest absolute Gasteiger partial charge is 0.481 e. The van der Waals surface area contributed by atoms with E-state index < -0.39 is 18.1 Å². The lowest BCUT2D eigenvalue weighted by Crippen LogP contribution is -2.31. The van der Waals surface area contributed by atoms with Crippen LogP contribution in [0.4, 0.5) is 4.79 Å². The van der Waals surface area contributed by atoms with E-state index in [1.165, 1.54) is 0 Å². The van der Waals surface area contributed by atoms with Gasteiger partial charge in [0.2, 0.25) is 0 Å². The average Bonchev–Trinajstić information content (AvgIpc) is 3.06. The van der Waals surface area contributed by atoms with Crippen molar-refractivity contribution in [2.75, 3.05) is 6.61 Å². The van der Waals surface area contributed by atoms with Crippen molar-refractivity contribution in [2.24, 2.45) is 0 Å². The Bertz CT molecular complexity index is 1040. The fourth-order valence-electron chi connectivity index (χ4n) is 3.90. The Morgan fingerprint density at radius 2 is 1.50 bits per heavy atom. The maximum absolute atomic E-state index is 12.5. The van der Waals surface area contributed by atoms with Crippen LogP contribution in [-0.2, 0) is 9.53 Å². The Morgan fingerprint density at radius 3 is 2.07 bits per heavy atom. The molecule has 1 amide bonds. The number of aliphatic carboxylic acids is 1. The fourth-order valence-corrected chi connectivity index (χ4v) is 4.17. The zero-order valence-corrected chi connectivity index (χ0v) is 17.6. The van der Waals surface area contributed by atoms with Crippen LogP contribution in [-0.4, -0.2) is 23.8 Å². The summed E-state index contributed by atoms with van der Waals surface area (Å²) in [5.41, 5.74) is 5.26. The van der Waals surface area contributed by atoms with Crippen LogP contribution >= 0.6 is 15.9 Å². The Hall–Kier alpha value is -3.12. The van der Waals surface area contributed by atoms with Gasteiger partial charge in [0.1, 0.15) is 6.61 Å². The number of carbonyl (C=O) groups excluding carboxylic acids is 1. The highest BCUT2D eigenvalue weighted by molar-refractivity contribution is 9.10. The highest BCUT2D eigenvalue weighted by atomic mass is 79.9. The number of nitrogens with one attached hydrogen (secondary N) is 1. The molecule has 0 spiro atoms. The molecule has 152 valence electrons. The topological polar surface area (TPSA) is 75.6 Å². The maximum atomic E-state index is 12.5. The van der Waals surface area contributed by atoms with Gasteiger partial charge in [0.25, 0.3) is 0 Å². The van der Waals surface area contributed by atoms with Gasteiger partial charge in [0.15, 0.2) is 0 Å². The van der Waals surface area contributed by atoms with Crippen LogP contribution in [0.1, 0.15) is 35.1 Å². The molecule has 4 rings (SSSR count). The zero-order chi connectivity index (χ0) is 21.1. The van der Waals surface area contributed by atoms with E-state index in [0.717, 1.165) is 26.7 Å². The number of hydrogen-bond donors (Lipinski definition) is 2. The lowest BCUT2D eigenvalue weighted by molar-refractivity contribution is -0.137. The minimum absolute atomic E-state index is 0.0474. The quantitative estimate of drug-likeness (QED) is 0.503. The smallest absolute Gasteiger partial charge is 0.407 e. The first kappa shape index (κ1) is 20.2. The number of ether oxygens (including phenoxy) is 1. The molecule has 0 radical (unpaired) electrons. The number of fused-ring (bicyclic) bond motifs is 3. The predicted octanol–water partition coefficient (Wildman–Crippen LogP) is 5.50. The second kappa shape index (κ2) is 8.71. The van der Waals surface area contributed by atoms with Gasteiger partial charge in [-0.15, -0.1) is 0 Å². The molecule has 0 aromatic heterocycles. The lowest BCUT2D eigenvalue weighted by Gasteiger charge is -2.19. The van der Waals surface area contributed by atoms with Gasteiger partial charge in [-0.3, -0.25) is 4.79 Å². The first-order valence-corrected chi connectivity index (χ1v) is 10.4. The number of carboxylic acids is 1. The normalized spacial score (nSPS) is 13.2. The molecule has 30 heavy (non-hydrogen) atoms. The van der Waals surface area contributed by atoms with Gasteiger partial charge < -0.3 is 15.2 Å². The second-order valence-electron chi connectivity index (χ2n) is 7.17. The number of carbonyl (C=O) groups is 2. The minimum atomic E-state index is -0.998. The van der Waals surface area contributed by atoms with Gasteiger partial charge in [-0.1, -0.05) is 76.6 Å². The van der Waals surface area contributed by atoms with Gasteiger partial charge >= 0.3 is 12.1 Å². The Kier molecular flexibility index (Phi) is 5.86. The number of rotatable bonds is 6. The van der Waals surface area contributed by atoms with Crippen molar-refractivity contribution in [3.63, 3.8) is 0 Å². The number of benzene rings is 3. The molecule has 0 heterocycles. The average molecular weight is 466 g/mol. The van der Waals surface area contributed by atoms with Gasteiger partial charge in [0, 0.05) is 10.4 Å². The van der Waals surface area contributed by atoms with Crippen molar-refractivity contribution in [2.45, 2.75) is 18.4 Å². The van der Waals surface area contributed by atoms with E-state index in [1.54, 1.807) is 12.1 Å². The monoisotopic (exact) mass is 465 g/mol. The van der Waals surface area contributed by atoms with Gasteiger partial charge in [-0.25, -0.2) is 4.79 Å². The molecule has 5 nitrogen and oxygen atoms in total. The molecule has 1 atom stereocenters. The van der Waals surface area contributed by atoms with E-state index in [1.807, 2.05) is 36.4 Å². The van der Waals surface area contributed by atoms with Crippen molar-refractivity contribution in [3.05, 3.63) is 94.0 Å². The van der Waals surface area contributed by atoms with Crippen LogP contribution < -0.4 is 5.32 Å². The lowest BCUT2D eigenvalue weighted by atomic mass is 9.98. The second-order valence-corrected chi connectivity index (χ2v) is 8.09. The molecule has 2 N–H and O–H groups in total. The van der Waals surface area contributed by atoms with Gasteiger partial charge in [-0.05, 0) is 39.9 Å². The van der Waals surface area contributed by atoms with Crippen LogP contribution in [0.15, 0.2) is 77.3 Å². The number of amides is 1. The predicted molar refractivity (Wildman–Crippen MR) is 117 cm³/mol. The molecular weight excluding hydrogens is 446 g/mol. The first-order chi connectivity index (χ1) is 14.5. The molecule has 1 unspecified atom stereocenters. The number of alkyl carbamates (subject to hydrolysis) is 1. The Balaban J connectivity index is 1.47. The molecule has 0 bridgehead atoms. The minimum Gasteiger partial charge on any atom is -0.481 e. The molecule has 0 saturated heterocycles. The summed E-state index contributed by atoms with van der Waals surface area (Å²) in [6.45, 7) is 0.181. The highest BCUT2D eigenvalue weighted by Gasteiger charge is 2.29. The fraction of sp³-hybridized carbons (Fsp3) is 0.167. The number of halogens is 1. The summed E-state index contributed by atoms with van der Waals surface area (Å²) in [5, 5.41) is 11.9. The molecule has 0 fully saturated rings. The van der Waals surface area contributed by atoms with Crippen LogP contribution in [0, 0.1) is 0 Å². The number of carboxylic acid groups (broad SMARTS) is 1. The standard InChI is InChI=1S/C24H20BrNO4/c25-16-11-9-15(10-12-16)22(13-23(27)28)26-24(29)30-14-21-19-7-3-1-5-17(19)18-6-2-4-8-20(18)21/h1-12,21-22H,13-14H2,(H,26,29)(H,27,28). The van der Waals surface area contributed by atoms with E-state index >= 15 is 0 Å². The molecule has 0 aliphatic heterocycles. The molecular formula is C24H20BrNO4. The van der Waals surface area contributed by atoms with Crippen LogP contribution in [0.5, 0.6) is 0 Å². The summed E-state index contributed by atoms with van der Waals surface area (Å²) in [6.07, 6.45) is -0.864. The zero-order valence-electron chi connectivity index (χ0n) is 16.0. The molecule has 1 aliphatic rings. The van der Waals surface area contributed by atoms with Crippen LogP contribution in [0.25, 0.3) is 11.1 Å². The van der Waals surface area contributed by atoms with Crippen molar-refractivity contribution in [1.29, 1.82) is 0 Å². The summed E-state index contributed by atoms with van der Waals surface area (Å²) in [7, 11) is 0. The summed E-state index contributed by atoms with van der Waals surface area (Å²) < 4.78 is 6.42. The Labute approximate surface area is 182 Å². The first-order valence-electron chi connectivity index (χ1n) is 9.61. The van der Waals surface area contributed by atoms with Crippen molar-refractivity contribution < 1.29 is 19.4 Å². The molecule has 3 aromatic rings. The van der Waals surface area contributed by atoms with E-state index in [2.05, 4.69) is 45.5 Å². The SMILES string of the molecule is O=C(O)CC(NC(=O)OCC1c2ccccc2-c2ccccc21)c1ccc(Br)cc1. The number of hydrogen-bond acceptors (Lipinski definition) is 3. The molecule has 1 aliphatic carbocycles. The van der Waals surface area contributed by atoms with Crippen molar-refractivity contribution in [3.8, 4) is 11.1 Å². The summed E-state index contributed by atoms with van der Waals surface area (Å²) in [6, 6.07) is 22.7. The van der Waals surface area contributed by atoms with Gasteiger partial charge in [-0.2, -0.15) is 0 Å². The molecule has 0 saturated carbocycles. The van der Waals surface area contributed by atoms with E-state index in [-0.39, 0.29) is 18.9 Å². The van der Waals surface area contributed by atoms with Crippen molar-refractivity contribution >= 4 is 28.0 Å². The van der Waals surface area contributed by atoms with E-state index in [9.17, 15) is 14.7 Å².